The Labute approximate surface area is 236 Å². The Hall–Kier alpha value is -3.09. The van der Waals surface area contributed by atoms with E-state index in [1.807, 2.05) is 6.92 Å². The molecule has 0 aliphatic carbocycles. The molecule has 3 rings (SSSR count). The smallest absolute Gasteiger partial charge is 0.411 e. The molecule has 3 aliphatic rings. The van der Waals surface area contributed by atoms with Gasteiger partial charge < -0.3 is 25.0 Å². The van der Waals surface area contributed by atoms with Gasteiger partial charge >= 0.3 is 18.2 Å². The number of fused-ring (bicyclic) bond motifs is 2. The molecule has 0 aromatic heterocycles. The Morgan fingerprint density at radius 2 is 1.62 bits per heavy atom. The number of hydroxylamine groups is 2. The molecule has 0 unspecified atom stereocenters. The van der Waals surface area contributed by atoms with E-state index in [0.29, 0.717) is 26.0 Å². The lowest BCUT2D eigenvalue weighted by Gasteiger charge is -2.30. The first-order valence-corrected chi connectivity index (χ1v) is 14.1. The molecule has 13 nitrogen and oxygen atoms in total. The molecule has 226 valence electrons. The normalized spacial score (nSPS) is 24.7. The number of rotatable bonds is 9. The maximum atomic E-state index is 13.2. The summed E-state index contributed by atoms with van der Waals surface area (Å²) >= 11 is 0. The van der Waals surface area contributed by atoms with Crippen LogP contribution in [0.5, 0.6) is 0 Å². The van der Waals surface area contributed by atoms with Crippen LogP contribution < -0.4 is 10.6 Å². The van der Waals surface area contributed by atoms with Crippen LogP contribution in [0.1, 0.15) is 80.6 Å². The second kappa shape index (κ2) is 12.6. The van der Waals surface area contributed by atoms with Crippen LogP contribution in [0.15, 0.2) is 0 Å². The van der Waals surface area contributed by atoms with Crippen molar-refractivity contribution in [3.63, 3.8) is 0 Å². The number of Topliss-reactive ketones (excluding diaryl/α,β-unsaturated/α-hetero) is 1. The maximum absolute atomic E-state index is 13.2. The second-order valence-electron chi connectivity index (χ2n) is 12.6. The van der Waals surface area contributed by atoms with Crippen molar-refractivity contribution in [2.75, 3.05) is 26.2 Å². The van der Waals surface area contributed by atoms with Crippen LogP contribution in [-0.2, 0) is 23.9 Å². The first-order chi connectivity index (χ1) is 18.6. The molecule has 2 bridgehead atoms. The zero-order chi connectivity index (χ0) is 29.8. The lowest BCUT2D eigenvalue weighted by molar-refractivity contribution is -0.131. The average molecular weight is 568 g/mol. The summed E-state index contributed by atoms with van der Waals surface area (Å²) in [6, 6.07) is -2.58. The number of carbonyl (C=O) groups excluding carboxylic acids is 5. The van der Waals surface area contributed by atoms with Gasteiger partial charge in [0.05, 0.1) is 31.3 Å². The van der Waals surface area contributed by atoms with E-state index in [2.05, 4.69) is 10.6 Å². The third-order valence-electron chi connectivity index (χ3n) is 6.81. The molecule has 3 fully saturated rings. The van der Waals surface area contributed by atoms with Crippen molar-refractivity contribution in [2.24, 2.45) is 0 Å². The second-order valence-corrected chi connectivity index (χ2v) is 12.6. The SMILES string of the molecule is CCCCON1C(=O)N2C[C@@H]1CC[C@H]2C(=O)CNC(=O)[C@H]1C[C@@H](NC(=O)OC(C)(C)C)CN1C(=O)OC(C)(C)C. The molecule has 3 heterocycles. The van der Waals surface area contributed by atoms with Gasteiger partial charge in [-0.2, -0.15) is 5.06 Å². The molecule has 4 atom stereocenters. The van der Waals surface area contributed by atoms with E-state index < -0.39 is 47.4 Å². The van der Waals surface area contributed by atoms with Gasteiger partial charge in [-0.25, -0.2) is 14.4 Å². The standard InChI is InChI=1S/C27H45N5O8/c1-8-9-12-38-32-18-10-11-19(30(16-18)24(32)36)21(33)14-28-22(34)20-13-17(29-23(35)39-26(2,3)4)15-31(20)25(37)40-27(5,6)7/h17-20H,8-16H2,1-7H3,(H,28,34)(H,29,35)/t17-,18+,19+,20-/m1/s1. The number of nitrogens with zero attached hydrogens (tertiary/aromatic N) is 3. The van der Waals surface area contributed by atoms with E-state index >= 15 is 0 Å². The summed E-state index contributed by atoms with van der Waals surface area (Å²) < 4.78 is 10.8. The molecule has 13 heteroatoms. The molecule has 0 saturated carbocycles. The molecule has 5 amide bonds. The van der Waals surface area contributed by atoms with Gasteiger partial charge in [0.2, 0.25) is 5.91 Å². The van der Waals surface area contributed by atoms with Crippen LogP contribution in [0.4, 0.5) is 14.4 Å². The number of likely N-dealkylation sites (tertiary alicyclic amines) is 1. The number of unbranched alkanes of at least 4 members (excludes halogenated alkanes) is 1. The summed E-state index contributed by atoms with van der Waals surface area (Å²) in [5.74, 6) is -0.834. The molecule has 0 aromatic rings. The van der Waals surface area contributed by atoms with Crippen LogP contribution in [0.25, 0.3) is 0 Å². The van der Waals surface area contributed by atoms with E-state index in [9.17, 15) is 24.0 Å². The summed E-state index contributed by atoms with van der Waals surface area (Å²) in [6.07, 6.45) is 1.66. The maximum Gasteiger partial charge on any atom is 0.411 e. The van der Waals surface area contributed by atoms with E-state index in [1.165, 1.54) is 14.9 Å². The zero-order valence-electron chi connectivity index (χ0n) is 24.8. The minimum atomic E-state index is -0.964. The van der Waals surface area contributed by atoms with Gasteiger partial charge in [0, 0.05) is 13.1 Å². The molecular formula is C27H45N5O8. The van der Waals surface area contributed by atoms with Gasteiger partial charge in [0.1, 0.15) is 17.2 Å². The van der Waals surface area contributed by atoms with Crippen LogP contribution in [-0.4, -0.2) is 106 Å². The van der Waals surface area contributed by atoms with Crippen molar-refractivity contribution >= 4 is 29.9 Å². The Bertz CT molecular complexity index is 975. The van der Waals surface area contributed by atoms with Crippen molar-refractivity contribution in [1.82, 2.24) is 25.5 Å². The molecule has 40 heavy (non-hydrogen) atoms. The number of piperidine rings is 1. The number of ketones is 1. The molecular weight excluding hydrogens is 522 g/mol. The predicted octanol–water partition coefficient (Wildman–Crippen LogP) is 2.57. The number of urea groups is 1. The highest BCUT2D eigenvalue weighted by molar-refractivity contribution is 5.95. The molecule has 0 aromatic carbocycles. The van der Waals surface area contributed by atoms with Crippen LogP contribution in [0.2, 0.25) is 0 Å². The van der Waals surface area contributed by atoms with E-state index in [4.69, 9.17) is 14.3 Å². The van der Waals surface area contributed by atoms with Gasteiger partial charge in [0.25, 0.3) is 0 Å². The largest absolute Gasteiger partial charge is 0.444 e. The zero-order valence-corrected chi connectivity index (χ0v) is 24.8. The Morgan fingerprint density at radius 1 is 0.950 bits per heavy atom. The van der Waals surface area contributed by atoms with Crippen molar-refractivity contribution in [3.05, 3.63) is 0 Å². The quantitative estimate of drug-likeness (QED) is 0.404. The summed E-state index contributed by atoms with van der Waals surface area (Å²) in [7, 11) is 0. The van der Waals surface area contributed by atoms with Gasteiger partial charge in [-0.1, -0.05) is 13.3 Å². The third-order valence-corrected chi connectivity index (χ3v) is 6.81. The molecule has 0 radical (unpaired) electrons. The monoisotopic (exact) mass is 567 g/mol. The predicted molar refractivity (Wildman–Crippen MR) is 144 cm³/mol. The summed E-state index contributed by atoms with van der Waals surface area (Å²) in [5, 5.41) is 6.74. The number of ether oxygens (including phenoxy) is 2. The third kappa shape index (κ3) is 8.21. The van der Waals surface area contributed by atoms with Crippen molar-refractivity contribution in [3.8, 4) is 0 Å². The van der Waals surface area contributed by atoms with Gasteiger partial charge in [-0.05, 0) is 67.2 Å². The summed E-state index contributed by atoms with van der Waals surface area (Å²) in [6.45, 7) is 13.0. The highest BCUT2D eigenvalue weighted by Gasteiger charge is 2.48. The average Bonchev–Trinajstić information content (AvgIpc) is 3.35. The highest BCUT2D eigenvalue weighted by Crippen LogP contribution is 2.30. The molecule has 3 saturated heterocycles. The van der Waals surface area contributed by atoms with Crippen molar-refractivity contribution < 1.29 is 38.3 Å². The molecule has 2 N–H and O–H groups in total. The van der Waals surface area contributed by atoms with Gasteiger partial charge in [-0.3, -0.25) is 19.3 Å². The van der Waals surface area contributed by atoms with E-state index in [1.54, 1.807) is 41.5 Å². The van der Waals surface area contributed by atoms with Crippen LogP contribution in [0, 0.1) is 0 Å². The Kier molecular flexibility index (Phi) is 9.91. The van der Waals surface area contributed by atoms with E-state index in [-0.39, 0.29) is 37.4 Å². The number of amides is 5. The highest BCUT2D eigenvalue weighted by atomic mass is 16.7. The van der Waals surface area contributed by atoms with Crippen LogP contribution in [0.3, 0.4) is 0 Å². The number of nitrogens with one attached hydrogen (secondary N) is 2. The number of carbonyl (C=O) groups is 5. The van der Waals surface area contributed by atoms with E-state index in [0.717, 1.165) is 12.8 Å². The summed E-state index contributed by atoms with van der Waals surface area (Å²) in [4.78, 5) is 72.9. The fourth-order valence-corrected chi connectivity index (χ4v) is 5.04. The van der Waals surface area contributed by atoms with Crippen molar-refractivity contribution in [1.29, 1.82) is 0 Å². The summed E-state index contributed by atoms with van der Waals surface area (Å²) in [5.41, 5.74) is -1.50. The van der Waals surface area contributed by atoms with Gasteiger partial charge in [-0.15, -0.1) is 0 Å². The minimum Gasteiger partial charge on any atom is -0.444 e. The van der Waals surface area contributed by atoms with Crippen LogP contribution >= 0.6 is 0 Å². The molecule has 0 spiro atoms. The Balaban J connectivity index is 1.61. The van der Waals surface area contributed by atoms with Gasteiger partial charge in [0.15, 0.2) is 5.78 Å². The first-order valence-electron chi connectivity index (χ1n) is 14.1. The van der Waals surface area contributed by atoms with Crippen molar-refractivity contribution in [2.45, 2.75) is 116 Å². The fraction of sp³-hybridized carbons (Fsp3) is 0.815. The molecule has 3 aliphatic heterocycles. The fourth-order valence-electron chi connectivity index (χ4n) is 5.04. The number of alkyl carbamates (subject to hydrolysis) is 1. The lowest BCUT2D eigenvalue weighted by atomic mass is 9.97. The first kappa shape index (κ1) is 31.4. The lowest BCUT2D eigenvalue weighted by Crippen LogP contribution is -2.51. The minimum absolute atomic E-state index is 0.0420. The number of hydrogen-bond acceptors (Lipinski definition) is 8. The topological polar surface area (TPSA) is 147 Å². The Morgan fingerprint density at radius 3 is 2.25 bits per heavy atom. The number of hydrogen-bond donors (Lipinski definition) is 2.